The molecule has 13 heavy (non-hydrogen) atoms. The molecule has 3 aliphatic rings. The molecule has 1 heterocycles. The van der Waals surface area contributed by atoms with E-state index in [1.807, 2.05) is 0 Å². The standard InChI is InChI=1S/C10H13IO2/c11-7-2-1-5-3-6-4-8(12)13-10(7)9(5)6/h5-7,9-10H,1-4H2/t5-,6-,7+,9-,10-/m1/s1. The lowest BCUT2D eigenvalue weighted by Gasteiger charge is -2.55. The Morgan fingerprint density at radius 3 is 3.00 bits per heavy atom. The molecule has 3 heteroatoms. The van der Waals surface area contributed by atoms with Crippen molar-refractivity contribution in [3.05, 3.63) is 0 Å². The Bertz CT molecular complexity index is 253. The van der Waals surface area contributed by atoms with Crippen molar-refractivity contribution in [3.63, 3.8) is 0 Å². The summed E-state index contributed by atoms with van der Waals surface area (Å²) in [6, 6.07) is 0. The third-order valence-electron chi connectivity index (χ3n) is 3.94. The van der Waals surface area contributed by atoms with Gasteiger partial charge in [-0.05, 0) is 31.1 Å². The van der Waals surface area contributed by atoms with Gasteiger partial charge in [0, 0.05) is 16.3 Å². The fraction of sp³-hybridized carbons (Fsp3) is 0.900. The highest BCUT2D eigenvalue weighted by Crippen LogP contribution is 2.55. The number of alkyl halides is 1. The Kier molecular flexibility index (Phi) is 1.86. The average Bonchev–Trinajstić information content (AvgIpc) is 2.06. The summed E-state index contributed by atoms with van der Waals surface area (Å²) in [5.74, 6) is 2.34. The van der Waals surface area contributed by atoms with E-state index in [4.69, 9.17) is 4.74 Å². The molecule has 0 aromatic carbocycles. The zero-order valence-electron chi connectivity index (χ0n) is 7.41. The normalized spacial score (nSPS) is 53.3. The second-order valence-electron chi connectivity index (χ2n) is 4.59. The van der Waals surface area contributed by atoms with Gasteiger partial charge in [-0.3, -0.25) is 4.79 Å². The molecule has 0 aromatic rings. The maximum absolute atomic E-state index is 11.3. The van der Waals surface area contributed by atoms with Crippen molar-refractivity contribution in [2.75, 3.05) is 0 Å². The van der Waals surface area contributed by atoms with Gasteiger partial charge in [0.05, 0.1) is 0 Å². The lowest BCUT2D eigenvalue weighted by molar-refractivity contribution is -0.183. The number of carbonyl (C=O) groups excluding carboxylic acids is 1. The molecule has 72 valence electrons. The first-order valence-corrected chi connectivity index (χ1v) is 6.34. The van der Waals surface area contributed by atoms with Crippen LogP contribution in [0.2, 0.25) is 0 Å². The predicted octanol–water partition coefficient (Wildman–Crippen LogP) is 2.15. The fourth-order valence-electron chi connectivity index (χ4n) is 3.30. The SMILES string of the molecule is O=C1C[C@H]2C[C@H]3CC[C@H](I)[C@@H](O1)[C@H]32. The van der Waals surface area contributed by atoms with Crippen LogP contribution >= 0.6 is 22.6 Å². The molecule has 2 nitrogen and oxygen atoms in total. The van der Waals surface area contributed by atoms with Crippen LogP contribution in [-0.2, 0) is 9.53 Å². The molecule has 0 N–H and O–H groups in total. The molecule has 0 unspecified atom stereocenters. The Morgan fingerprint density at radius 2 is 2.15 bits per heavy atom. The first-order chi connectivity index (χ1) is 6.25. The van der Waals surface area contributed by atoms with Crippen LogP contribution in [0.3, 0.4) is 0 Å². The van der Waals surface area contributed by atoms with E-state index in [1.165, 1.54) is 19.3 Å². The Labute approximate surface area is 91.5 Å². The first-order valence-electron chi connectivity index (χ1n) is 5.09. The molecule has 0 radical (unpaired) electrons. The van der Waals surface area contributed by atoms with E-state index in [-0.39, 0.29) is 12.1 Å². The van der Waals surface area contributed by atoms with Gasteiger partial charge in [-0.25, -0.2) is 0 Å². The molecule has 0 bridgehead atoms. The summed E-state index contributed by atoms with van der Waals surface area (Å²) in [6.45, 7) is 0. The minimum absolute atomic E-state index is 0.0493. The predicted molar refractivity (Wildman–Crippen MR) is 56.6 cm³/mol. The average molecular weight is 292 g/mol. The Hall–Kier alpha value is 0.200. The third kappa shape index (κ3) is 1.15. The quantitative estimate of drug-likeness (QED) is 0.388. The van der Waals surface area contributed by atoms with Crippen LogP contribution in [0.1, 0.15) is 25.7 Å². The molecule has 3 rings (SSSR count). The van der Waals surface area contributed by atoms with Crippen molar-refractivity contribution >= 4 is 28.6 Å². The summed E-state index contributed by atoms with van der Waals surface area (Å²) in [5, 5.41) is 0. The third-order valence-corrected chi connectivity index (χ3v) is 5.27. The molecule has 0 aromatic heterocycles. The zero-order chi connectivity index (χ0) is 9.00. The van der Waals surface area contributed by atoms with Crippen LogP contribution in [0.5, 0.6) is 0 Å². The summed E-state index contributed by atoms with van der Waals surface area (Å²) in [7, 11) is 0. The number of ether oxygens (including phenoxy) is 1. The highest BCUT2D eigenvalue weighted by atomic mass is 127. The molecular weight excluding hydrogens is 279 g/mol. The van der Waals surface area contributed by atoms with Gasteiger partial charge in [0.25, 0.3) is 0 Å². The summed E-state index contributed by atoms with van der Waals surface area (Å²) >= 11 is 2.45. The van der Waals surface area contributed by atoms with E-state index in [0.29, 0.717) is 16.3 Å². The molecule has 1 saturated heterocycles. The smallest absolute Gasteiger partial charge is 0.306 e. The maximum Gasteiger partial charge on any atom is 0.306 e. The van der Waals surface area contributed by atoms with E-state index in [1.54, 1.807) is 0 Å². The number of hydrogen-bond donors (Lipinski definition) is 0. The lowest BCUT2D eigenvalue weighted by Crippen LogP contribution is -2.56. The molecule has 5 atom stereocenters. The van der Waals surface area contributed by atoms with Crippen molar-refractivity contribution in [3.8, 4) is 0 Å². The van der Waals surface area contributed by atoms with Crippen LogP contribution in [0.4, 0.5) is 0 Å². The second-order valence-corrected chi connectivity index (χ2v) is 6.19. The number of esters is 1. The molecule has 3 fully saturated rings. The van der Waals surface area contributed by atoms with Gasteiger partial charge < -0.3 is 4.74 Å². The highest BCUT2D eigenvalue weighted by molar-refractivity contribution is 14.1. The van der Waals surface area contributed by atoms with Crippen molar-refractivity contribution in [1.29, 1.82) is 0 Å². The zero-order valence-corrected chi connectivity index (χ0v) is 9.57. The van der Waals surface area contributed by atoms with Gasteiger partial charge in [0.1, 0.15) is 6.10 Å². The second kappa shape index (κ2) is 2.84. The van der Waals surface area contributed by atoms with E-state index in [0.717, 1.165) is 11.8 Å². The molecule has 1 aliphatic heterocycles. The number of rotatable bonds is 0. The lowest BCUT2D eigenvalue weighted by atomic mass is 9.55. The summed E-state index contributed by atoms with van der Waals surface area (Å²) in [4.78, 5) is 11.3. The van der Waals surface area contributed by atoms with Gasteiger partial charge in [-0.15, -0.1) is 0 Å². The van der Waals surface area contributed by atoms with E-state index in [2.05, 4.69) is 22.6 Å². The van der Waals surface area contributed by atoms with Gasteiger partial charge in [0.2, 0.25) is 0 Å². The summed E-state index contributed by atoms with van der Waals surface area (Å²) < 4.78 is 6.03. The number of hydrogen-bond acceptors (Lipinski definition) is 2. The van der Waals surface area contributed by atoms with Gasteiger partial charge in [-0.1, -0.05) is 22.6 Å². The minimum atomic E-state index is 0.0493. The minimum Gasteiger partial charge on any atom is -0.461 e. The van der Waals surface area contributed by atoms with Crippen LogP contribution in [0.15, 0.2) is 0 Å². The largest absolute Gasteiger partial charge is 0.461 e. The summed E-state index contributed by atoms with van der Waals surface area (Å²) in [6.07, 6.45) is 4.86. The molecular formula is C10H13IO2. The van der Waals surface area contributed by atoms with Crippen LogP contribution in [0, 0.1) is 17.8 Å². The van der Waals surface area contributed by atoms with Crippen molar-refractivity contribution in [1.82, 2.24) is 0 Å². The van der Waals surface area contributed by atoms with Crippen LogP contribution in [0.25, 0.3) is 0 Å². The van der Waals surface area contributed by atoms with E-state index in [9.17, 15) is 4.79 Å². The topological polar surface area (TPSA) is 26.3 Å². The van der Waals surface area contributed by atoms with E-state index >= 15 is 0 Å². The monoisotopic (exact) mass is 292 g/mol. The first kappa shape index (κ1) is 8.50. The fourth-order valence-corrected chi connectivity index (χ4v) is 4.29. The maximum atomic E-state index is 11.3. The highest BCUT2D eigenvalue weighted by Gasteiger charge is 2.54. The van der Waals surface area contributed by atoms with Gasteiger partial charge >= 0.3 is 5.97 Å². The molecule has 2 aliphatic carbocycles. The van der Waals surface area contributed by atoms with Crippen molar-refractivity contribution < 1.29 is 9.53 Å². The van der Waals surface area contributed by atoms with Crippen LogP contribution < -0.4 is 0 Å². The molecule has 0 amide bonds. The van der Waals surface area contributed by atoms with Gasteiger partial charge in [0.15, 0.2) is 0 Å². The molecule has 2 saturated carbocycles. The Morgan fingerprint density at radius 1 is 1.31 bits per heavy atom. The van der Waals surface area contributed by atoms with Crippen LogP contribution in [-0.4, -0.2) is 16.0 Å². The summed E-state index contributed by atoms with van der Waals surface area (Å²) in [5.41, 5.74) is 0. The van der Waals surface area contributed by atoms with Gasteiger partial charge in [-0.2, -0.15) is 0 Å². The number of halogens is 1. The van der Waals surface area contributed by atoms with Crippen molar-refractivity contribution in [2.45, 2.75) is 35.7 Å². The number of carbonyl (C=O) groups is 1. The Balaban J connectivity index is 1.85. The van der Waals surface area contributed by atoms with Crippen molar-refractivity contribution in [2.24, 2.45) is 17.8 Å². The molecule has 0 spiro atoms. The van der Waals surface area contributed by atoms with E-state index < -0.39 is 0 Å².